The summed E-state index contributed by atoms with van der Waals surface area (Å²) in [6, 6.07) is 4.23. The Morgan fingerprint density at radius 3 is 3.00 bits per heavy atom. The molecule has 5 nitrogen and oxygen atoms in total. The number of halogens is 1. The maximum atomic E-state index is 13.4. The number of rotatable bonds is 3. The number of benzene rings is 1. The monoisotopic (exact) mass is 359 g/mol. The van der Waals surface area contributed by atoms with E-state index in [0.29, 0.717) is 27.6 Å². The molecule has 1 aromatic carbocycles. The van der Waals surface area contributed by atoms with Crippen molar-refractivity contribution in [1.82, 2.24) is 10.3 Å². The van der Waals surface area contributed by atoms with Gasteiger partial charge in [-0.3, -0.25) is 10.1 Å². The lowest BCUT2D eigenvalue weighted by Gasteiger charge is -2.20. The van der Waals surface area contributed by atoms with Crippen LogP contribution in [0.25, 0.3) is 11.0 Å². The minimum Gasteiger partial charge on any atom is -0.451 e. The van der Waals surface area contributed by atoms with Gasteiger partial charge in [0.25, 0.3) is 5.91 Å². The number of nitrogens with one attached hydrogen (secondary N) is 2. The number of fused-ring (bicyclic) bond motifs is 1. The summed E-state index contributed by atoms with van der Waals surface area (Å²) in [5, 5.41) is 7.31. The number of carbonyl (C=O) groups is 1. The molecular weight excluding hydrogens is 341 g/mol. The zero-order valence-electron chi connectivity index (χ0n) is 13.8. The summed E-state index contributed by atoms with van der Waals surface area (Å²) in [7, 11) is 0. The number of anilines is 1. The second kappa shape index (κ2) is 6.57. The van der Waals surface area contributed by atoms with Crippen molar-refractivity contribution in [1.29, 1.82) is 0 Å². The van der Waals surface area contributed by atoms with Gasteiger partial charge in [-0.15, -0.1) is 11.3 Å². The van der Waals surface area contributed by atoms with E-state index < -0.39 is 0 Å². The molecule has 0 unspecified atom stereocenters. The average Bonchev–Trinajstić information content (AvgIpc) is 3.21. The maximum Gasteiger partial charge on any atom is 0.293 e. The number of nitrogens with zero attached hydrogens (tertiary/aromatic N) is 1. The Hall–Kier alpha value is -2.25. The predicted molar refractivity (Wildman–Crippen MR) is 95.8 cm³/mol. The fourth-order valence-corrected chi connectivity index (χ4v) is 4.18. The van der Waals surface area contributed by atoms with Crippen molar-refractivity contribution in [3.8, 4) is 0 Å². The van der Waals surface area contributed by atoms with Gasteiger partial charge in [0.1, 0.15) is 11.4 Å². The number of aromatic nitrogens is 1. The van der Waals surface area contributed by atoms with E-state index in [9.17, 15) is 9.18 Å². The third kappa shape index (κ3) is 3.17. The van der Waals surface area contributed by atoms with Crippen molar-refractivity contribution in [2.24, 2.45) is 0 Å². The maximum absolute atomic E-state index is 13.4. The standard InChI is InChI=1S/C18H18FN3O2S/c1-10-13-8-12(19)2-3-14(13)24-16(10)17(23)22-18-21-9-15(25-18)11-4-6-20-7-5-11/h2-3,8-9,11,20H,4-7H2,1H3,(H,21,22,23). The highest BCUT2D eigenvalue weighted by Crippen LogP contribution is 2.32. The molecule has 1 aliphatic rings. The third-order valence-corrected chi connectivity index (χ3v) is 5.67. The van der Waals surface area contributed by atoms with E-state index in [-0.39, 0.29) is 17.5 Å². The molecule has 4 rings (SSSR count). The van der Waals surface area contributed by atoms with Crippen LogP contribution in [0.2, 0.25) is 0 Å². The quantitative estimate of drug-likeness (QED) is 0.740. The molecule has 2 aromatic heterocycles. The second-order valence-electron chi connectivity index (χ2n) is 6.24. The van der Waals surface area contributed by atoms with Gasteiger partial charge in [-0.1, -0.05) is 0 Å². The Balaban J connectivity index is 1.54. The summed E-state index contributed by atoms with van der Waals surface area (Å²) >= 11 is 1.51. The number of aryl methyl sites for hydroxylation is 1. The van der Waals surface area contributed by atoms with Crippen molar-refractivity contribution in [3.05, 3.63) is 46.4 Å². The zero-order valence-corrected chi connectivity index (χ0v) is 14.6. The number of carbonyl (C=O) groups excluding carboxylic acids is 1. The SMILES string of the molecule is Cc1c(C(=O)Nc2ncc(C3CCNCC3)s2)oc2ccc(F)cc12. The molecule has 0 spiro atoms. The van der Waals surface area contributed by atoms with Gasteiger partial charge in [-0.2, -0.15) is 0 Å². The topological polar surface area (TPSA) is 67.2 Å². The Bertz CT molecular complexity index is 928. The van der Waals surface area contributed by atoms with Gasteiger partial charge in [0.15, 0.2) is 10.9 Å². The van der Waals surface area contributed by atoms with Crippen LogP contribution in [-0.4, -0.2) is 24.0 Å². The first-order chi connectivity index (χ1) is 12.1. The van der Waals surface area contributed by atoms with Gasteiger partial charge in [0.2, 0.25) is 0 Å². The molecule has 0 radical (unpaired) electrons. The summed E-state index contributed by atoms with van der Waals surface area (Å²) < 4.78 is 19.0. The molecule has 3 heterocycles. The van der Waals surface area contributed by atoms with Crippen molar-refractivity contribution in [2.75, 3.05) is 18.4 Å². The molecule has 0 saturated carbocycles. The number of hydrogen-bond donors (Lipinski definition) is 2. The van der Waals surface area contributed by atoms with Gasteiger partial charge in [-0.25, -0.2) is 9.37 Å². The molecule has 0 bridgehead atoms. The van der Waals surface area contributed by atoms with Crippen LogP contribution in [0.1, 0.15) is 39.8 Å². The number of amides is 1. The molecule has 130 valence electrons. The minimum atomic E-state index is -0.361. The molecular formula is C18H18FN3O2S. The summed E-state index contributed by atoms with van der Waals surface area (Å²) in [4.78, 5) is 18.0. The number of furan rings is 1. The van der Waals surface area contributed by atoms with Crippen LogP contribution < -0.4 is 10.6 Å². The summed E-state index contributed by atoms with van der Waals surface area (Å²) in [5.41, 5.74) is 1.13. The van der Waals surface area contributed by atoms with E-state index in [1.807, 2.05) is 6.20 Å². The highest BCUT2D eigenvalue weighted by molar-refractivity contribution is 7.15. The molecule has 1 fully saturated rings. The highest BCUT2D eigenvalue weighted by atomic mass is 32.1. The lowest BCUT2D eigenvalue weighted by Crippen LogP contribution is -2.26. The van der Waals surface area contributed by atoms with Gasteiger partial charge >= 0.3 is 0 Å². The van der Waals surface area contributed by atoms with E-state index in [0.717, 1.165) is 25.9 Å². The first-order valence-electron chi connectivity index (χ1n) is 8.28. The second-order valence-corrected chi connectivity index (χ2v) is 7.31. The zero-order chi connectivity index (χ0) is 17.4. The van der Waals surface area contributed by atoms with Crippen LogP contribution in [0, 0.1) is 12.7 Å². The summed E-state index contributed by atoms with van der Waals surface area (Å²) in [6.45, 7) is 3.78. The Labute approximate surface area is 148 Å². The third-order valence-electron chi connectivity index (χ3n) is 4.59. The van der Waals surface area contributed by atoms with Crippen molar-refractivity contribution >= 4 is 33.3 Å². The molecule has 0 aliphatic carbocycles. The number of thiazole rings is 1. The normalized spacial score (nSPS) is 15.6. The predicted octanol–water partition coefficient (Wildman–Crippen LogP) is 4.06. The largest absolute Gasteiger partial charge is 0.451 e. The van der Waals surface area contributed by atoms with Gasteiger partial charge in [0, 0.05) is 22.0 Å². The van der Waals surface area contributed by atoms with Crippen LogP contribution in [0.15, 0.2) is 28.8 Å². The molecule has 2 N–H and O–H groups in total. The Morgan fingerprint density at radius 1 is 1.40 bits per heavy atom. The van der Waals surface area contributed by atoms with Crippen molar-refractivity contribution in [3.63, 3.8) is 0 Å². The summed E-state index contributed by atoms with van der Waals surface area (Å²) in [5.74, 6) is -0.0188. The van der Waals surface area contributed by atoms with E-state index in [1.165, 1.54) is 34.4 Å². The lowest BCUT2D eigenvalue weighted by molar-refractivity contribution is 0.0998. The first kappa shape index (κ1) is 16.2. The van der Waals surface area contributed by atoms with Gasteiger partial charge < -0.3 is 9.73 Å². The number of hydrogen-bond acceptors (Lipinski definition) is 5. The smallest absolute Gasteiger partial charge is 0.293 e. The average molecular weight is 359 g/mol. The molecule has 7 heteroatoms. The fourth-order valence-electron chi connectivity index (χ4n) is 3.20. The van der Waals surface area contributed by atoms with Gasteiger partial charge in [-0.05, 0) is 57.0 Å². The minimum absolute atomic E-state index is 0.194. The van der Waals surface area contributed by atoms with Crippen molar-refractivity contribution in [2.45, 2.75) is 25.7 Å². The van der Waals surface area contributed by atoms with E-state index in [1.54, 1.807) is 6.92 Å². The number of piperidine rings is 1. The van der Waals surface area contributed by atoms with Crippen molar-refractivity contribution < 1.29 is 13.6 Å². The highest BCUT2D eigenvalue weighted by Gasteiger charge is 2.21. The lowest BCUT2D eigenvalue weighted by atomic mass is 9.97. The Morgan fingerprint density at radius 2 is 2.20 bits per heavy atom. The van der Waals surface area contributed by atoms with Crippen LogP contribution in [-0.2, 0) is 0 Å². The molecule has 25 heavy (non-hydrogen) atoms. The molecule has 1 saturated heterocycles. The molecule has 1 amide bonds. The van der Waals surface area contributed by atoms with Crippen LogP contribution in [0.4, 0.5) is 9.52 Å². The van der Waals surface area contributed by atoms with Gasteiger partial charge in [0.05, 0.1) is 0 Å². The first-order valence-corrected chi connectivity index (χ1v) is 9.10. The van der Waals surface area contributed by atoms with Crippen LogP contribution >= 0.6 is 11.3 Å². The van der Waals surface area contributed by atoms with E-state index in [2.05, 4.69) is 15.6 Å². The van der Waals surface area contributed by atoms with E-state index in [4.69, 9.17) is 4.42 Å². The molecule has 0 atom stereocenters. The Kier molecular flexibility index (Phi) is 4.27. The summed E-state index contributed by atoms with van der Waals surface area (Å²) in [6.07, 6.45) is 4.02. The van der Waals surface area contributed by atoms with E-state index >= 15 is 0 Å². The molecule has 3 aromatic rings. The fraction of sp³-hybridized carbons (Fsp3) is 0.333. The van der Waals surface area contributed by atoms with Crippen LogP contribution in [0.3, 0.4) is 0 Å². The molecule has 1 aliphatic heterocycles. The van der Waals surface area contributed by atoms with Crippen LogP contribution in [0.5, 0.6) is 0 Å².